The molecule has 0 aliphatic heterocycles. The van der Waals surface area contributed by atoms with Gasteiger partial charge in [-0.3, -0.25) is 5.01 Å². The molecule has 3 rings (SSSR count). The van der Waals surface area contributed by atoms with Gasteiger partial charge in [0.25, 0.3) is 0 Å². The van der Waals surface area contributed by atoms with Crippen molar-refractivity contribution < 1.29 is 5.32 Å². The quantitative estimate of drug-likeness (QED) is 0.239. The van der Waals surface area contributed by atoms with Crippen molar-refractivity contribution in [3.05, 3.63) is 72.8 Å². The summed E-state index contributed by atoms with van der Waals surface area (Å²) in [5.74, 6) is 0. The molecule has 0 amide bonds. The van der Waals surface area contributed by atoms with E-state index in [1.54, 1.807) is 0 Å². The van der Waals surface area contributed by atoms with Gasteiger partial charge in [0.05, 0.1) is 30.7 Å². The van der Waals surface area contributed by atoms with Crippen LogP contribution in [-0.4, -0.2) is 46.5 Å². The minimum atomic E-state index is 0.762. The number of hydrogen-bond acceptors (Lipinski definition) is 5. The first-order chi connectivity index (χ1) is 16.4. The molecule has 3 aromatic carbocycles. The fourth-order valence-corrected chi connectivity index (χ4v) is 4.12. The average molecular weight is 460 g/mol. The minimum Gasteiger partial charge on any atom is -0.372 e. The van der Waals surface area contributed by atoms with E-state index in [0.717, 1.165) is 42.4 Å². The molecule has 0 radical (unpaired) electrons. The van der Waals surface area contributed by atoms with Gasteiger partial charge in [-0.15, -0.1) is 0 Å². The summed E-state index contributed by atoms with van der Waals surface area (Å²) in [7, 11) is 6.17. The Kier molecular flexibility index (Phi) is 8.93. The molecular weight excluding hydrogens is 420 g/mol. The van der Waals surface area contributed by atoms with Gasteiger partial charge >= 0.3 is 0 Å². The van der Waals surface area contributed by atoms with Crippen LogP contribution in [0.4, 0.5) is 34.1 Å². The minimum absolute atomic E-state index is 0.762. The molecule has 0 spiro atoms. The van der Waals surface area contributed by atoms with Crippen molar-refractivity contribution in [3.63, 3.8) is 0 Å². The van der Waals surface area contributed by atoms with Crippen molar-refractivity contribution in [1.29, 1.82) is 0 Å². The Morgan fingerprint density at radius 2 is 1.38 bits per heavy atom. The third kappa shape index (κ3) is 6.51. The van der Waals surface area contributed by atoms with E-state index in [4.69, 9.17) is 5.10 Å². The number of hydrogen-bond donors (Lipinski definition) is 2. The number of anilines is 5. The molecule has 0 heterocycles. The van der Waals surface area contributed by atoms with E-state index in [2.05, 4.69) is 128 Å². The van der Waals surface area contributed by atoms with Crippen LogP contribution in [0.15, 0.2) is 77.9 Å². The topological polar surface area (TPSA) is 50.7 Å². The molecule has 0 aliphatic carbocycles. The Morgan fingerprint density at radius 3 is 1.94 bits per heavy atom. The molecule has 0 aromatic heterocycles. The number of hydrazone groups is 1. The number of quaternary nitrogens is 1. The highest BCUT2D eigenvalue weighted by Crippen LogP contribution is 2.24. The van der Waals surface area contributed by atoms with Crippen LogP contribution in [0.1, 0.15) is 20.8 Å². The molecule has 3 aromatic rings. The summed E-state index contributed by atoms with van der Waals surface area (Å²) in [5.41, 5.74) is 7.93. The van der Waals surface area contributed by atoms with Crippen molar-refractivity contribution in [3.8, 4) is 0 Å². The lowest BCUT2D eigenvalue weighted by Crippen LogP contribution is -2.73. The van der Waals surface area contributed by atoms with Gasteiger partial charge < -0.3 is 20.4 Å². The molecule has 0 unspecified atom stereocenters. The number of nitrogens with zero attached hydrogens (tertiary/aromatic N) is 4. The Labute approximate surface area is 204 Å². The lowest BCUT2D eigenvalue weighted by Gasteiger charge is -2.22. The van der Waals surface area contributed by atoms with Gasteiger partial charge in [-0.05, 0) is 75.4 Å². The Bertz CT molecular complexity index is 1060. The van der Waals surface area contributed by atoms with E-state index >= 15 is 0 Å². The maximum Gasteiger partial charge on any atom is 0.152 e. The van der Waals surface area contributed by atoms with Gasteiger partial charge in [-0.25, -0.2) is 0 Å². The smallest absolute Gasteiger partial charge is 0.152 e. The number of nitrogens with two attached hydrogens (primary N) is 1. The van der Waals surface area contributed by atoms with E-state index in [9.17, 15) is 0 Å². The monoisotopic (exact) mass is 459 g/mol. The standard InChI is InChI=1S/C28H38N6/c1-7-34(8-2)26-19-15-24(16-20-26)30-23-13-17-25(18-14-23)33(6)31-22(3)21-32(5)28-12-10-9-11-27(28)29-4/h9-20,29-30H,7-8,21H2,1-6H3/p+1/b31-22+. The number of benzene rings is 3. The van der Waals surface area contributed by atoms with Gasteiger partial charge in [0.2, 0.25) is 0 Å². The van der Waals surface area contributed by atoms with E-state index < -0.39 is 0 Å². The highest BCUT2D eigenvalue weighted by molar-refractivity contribution is 5.88. The van der Waals surface area contributed by atoms with Crippen LogP contribution < -0.4 is 25.4 Å². The third-order valence-corrected chi connectivity index (χ3v) is 5.97. The predicted molar refractivity (Wildman–Crippen MR) is 148 cm³/mol. The highest BCUT2D eigenvalue weighted by Gasteiger charge is 2.10. The summed E-state index contributed by atoms with van der Waals surface area (Å²) in [6.45, 7) is 9.23. The molecule has 34 heavy (non-hydrogen) atoms. The molecule has 0 saturated carbocycles. The molecule has 0 atom stereocenters. The maximum absolute atomic E-state index is 4.80. The van der Waals surface area contributed by atoms with Crippen molar-refractivity contribution in [2.75, 3.05) is 60.9 Å². The van der Waals surface area contributed by atoms with Crippen molar-refractivity contribution in [2.45, 2.75) is 20.8 Å². The molecule has 180 valence electrons. The zero-order valence-corrected chi connectivity index (χ0v) is 21.4. The van der Waals surface area contributed by atoms with Crippen molar-refractivity contribution >= 4 is 39.8 Å². The first kappa shape index (κ1) is 25.1. The van der Waals surface area contributed by atoms with Gasteiger partial charge in [0.1, 0.15) is 0 Å². The molecule has 0 fully saturated rings. The van der Waals surface area contributed by atoms with Crippen LogP contribution in [0.5, 0.6) is 0 Å². The highest BCUT2D eigenvalue weighted by atomic mass is 15.4. The lowest BCUT2D eigenvalue weighted by atomic mass is 10.2. The van der Waals surface area contributed by atoms with Crippen molar-refractivity contribution in [1.82, 2.24) is 0 Å². The summed E-state index contributed by atoms with van der Waals surface area (Å²) in [5, 5.41) is 12.4. The van der Waals surface area contributed by atoms with Crippen LogP contribution in [0.2, 0.25) is 0 Å². The lowest BCUT2D eigenvalue weighted by molar-refractivity contribution is -0.538. The van der Waals surface area contributed by atoms with E-state index in [-0.39, 0.29) is 0 Å². The average Bonchev–Trinajstić information content (AvgIpc) is 2.86. The molecule has 6 nitrogen and oxygen atoms in total. The van der Waals surface area contributed by atoms with Crippen molar-refractivity contribution in [2.24, 2.45) is 5.10 Å². The van der Waals surface area contributed by atoms with E-state index in [1.165, 1.54) is 17.1 Å². The van der Waals surface area contributed by atoms with E-state index in [1.807, 2.05) is 12.1 Å². The van der Waals surface area contributed by atoms with Crippen LogP contribution in [0.3, 0.4) is 0 Å². The van der Waals surface area contributed by atoms with Gasteiger partial charge in [-0.1, -0.05) is 12.1 Å². The normalized spacial score (nSPS) is 11.3. The SMILES string of the molecule is CCN(CC)c1ccc(Nc2ccc(N(C)/N=C(\C)CN(C)c3ccccc3[NH2+]C)cc2)cc1. The largest absolute Gasteiger partial charge is 0.372 e. The molecule has 0 bridgehead atoms. The Morgan fingerprint density at radius 1 is 0.824 bits per heavy atom. The van der Waals surface area contributed by atoms with Crippen LogP contribution in [0.25, 0.3) is 0 Å². The fourth-order valence-electron chi connectivity index (χ4n) is 4.12. The van der Waals surface area contributed by atoms with Gasteiger partial charge in [0.15, 0.2) is 5.69 Å². The van der Waals surface area contributed by atoms with Gasteiger partial charge in [0, 0.05) is 50.3 Å². The molecule has 0 aliphatic rings. The zero-order chi connectivity index (χ0) is 24.5. The molecule has 3 N–H and O–H groups in total. The summed E-state index contributed by atoms with van der Waals surface area (Å²) >= 11 is 0. The second-order valence-corrected chi connectivity index (χ2v) is 8.45. The number of nitrogens with one attached hydrogen (secondary N) is 1. The van der Waals surface area contributed by atoms with Crippen LogP contribution >= 0.6 is 0 Å². The summed E-state index contributed by atoms with van der Waals surface area (Å²) < 4.78 is 0. The molecular formula is C28H39N6+. The van der Waals surface area contributed by atoms with Gasteiger partial charge in [-0.2, -0.15) is 5.10 Å². The second-order valence-electron chi connectivity index (χ2n) is 8.45. The van der Waals surface area contributed by atoms with Crippen LogP contribution in [0, 0.1) is 0 Å². The first-order valence-electron chi connectivity index (χ1n) is 12.0. The zero-order valence-electron chi connectivity index (χ0n) is 21.4. The fraction of sp³-hybridized carbons (Fsp3) is 0.321. The Hall–Kier alpha value is -3.51. The van der Waals surface area contributed by atoms with E-state index in [0.29, 0.717) is 0 Å². The Balaban J connectivity index is 1.61. The summed E-state index contributed by atoms with van der Waals surface area (Å²) in [6.07, 6.45) is 0. The predicted octanol–water partition coefficient (Wildman–Crippen LogP) is 5.05. The first-order valence-corrected chi connectivity index (χ1v) is 12.0. The van der Waals surface area contributed by atoms with Crippen LogP contribution in [-0.2, 0) is 0 Å². The second kappa shape index (κ2) is 12.1. The molecule has 0 saturated heterocycles. The number of rotatable bonds is 11. The third-order valence-electron chi connectivity index (χ3n) is 5.97. The summed E-state index contributed by atoms with van der Waals surface area (Å²) in [4.78, 5) is 4.58. The maximum atomic E-state index is 4.80. The summed E-state index contributed by atoms with van der Waals surface area (Å²) in [6, 6.07) is 25.4. The number of para-hydroxylation sites is 2. The molecule has 6 heteroatoms.